The van der Waals surface area contributed by atoms with Gasteiger partial charge in [0.1, 0.15) is 5.75 Å². The minimum absolute atomic E-state index is 0.821. The van der Waals surface area contributed by atoms with Crippen molar-refractivity contribution in [3.05, 3.63) is 18.5 Å². The number of pyridine rings is 1. The first-order valence-electron chi connectivity index (χ1n) is 5.70. The van der Waals surface area contributed by atoms with E-state index < -0.39 is 0 Å². The molecule has 0 radical (unpaired) electrons. The Kier molecular flexibility index (Phi) is 3.43. The van der Waals surface area contributed by atoms with Crippen LogP contribution < -0.4 is 10.1 Å². The molecular weight excluding hydrogens is 188 g/mol. The highest BCUT2D eigenvalue weighted by Gasteiger charge is 2.20. The van der Waals surface area contributed by atoms with E-state index in [4.69, 9.17) is 4.74 Å². The largest absolute Gasteiger partial charge is 0.492 e. The molecule has 3 heteroatoms. The van der Waals surface area contributed by atoms with Gasteiger partial charge in [-0.3, -0.25) is 4.98 Å². The molecule has 0 bridgehead atoms. The molecule has 1 N–H and O–H groups in total. The van der Waals surface area contributed by atoms with E-state index in [1.54, 1.807) is 6.20 Å². The lowest BCUT2D eigenvalue weighted by atomic mass is 10.3. The zero-order valence-corrected chi connectivity index (χ0v) is 9.20. The lowest BCUT2D eigenvalue weighted by Gasteiger charge is -2.07. The number of rotatable bonds is 6. The molecule has 1 aliphatic carbocycles. The van der Waals surface area contributed by atoms with Crippen LogP contribution in [0.5, 0.6) is 5.75 Å². The molecule has 15 heavy (non-hydrogen) atoms. The average molecular weight is 206 g/mol. The predicted molar refractivity (Wildman–Crippen MR) is 61.2 cm³/mol. The first kappa shape index (κ1) is 10.3. The molecule has 1 aromatic rings. The molecule has 1 aromatic heterocycles. The van der Waals surface area contributed by atoms with Crippen molar-refractivity contribution in [2.75, 3.05) is 18.5 Å². The van der Waals surface area contributed by atoms with Crippen LogP contribution in [0.15, 0.2) is 18.5 Å². The molecule has 1 heterocycles. The number of ether oxygens (including phenoxy) is 1. The Morgan fingerprint density at radius 3 is 3.07 bits per heavy atom. The fraction of sp³-hybridized carbons (Fsp3) is 0.583. The van der Waals surface area contributed by atoms with Gasteiger partial charge in [0.05, 0.1) is 24.7 Å². The van der Waals surface area contributed by atoms with E-state index >= 15 is 0 Å². The summed E-state index contributed by atoms with van der Waals surface area (Å²) in [6, 6.07) is 2.00. The smallest absolute Gasteiger partial charge is 0.139 e. The summed E-state index contributed by atoms with van der Waals surface area (Å²) in [5, 5.41) is 3.22. The van der Waals surface area contributed by atoms with Gasteiger partial charge in [-0.1, -0.05) is 12.8 Å². The molecule has 3 nitrogen and oxygen atoms in total. The molecule has 0 aliphatic heterocycles. The van der Waals surface area contributed by atoms with Gasteiger partial charge in [-0.05, 0) is 19.3 Å². The Morgan fingerprint density at radius 2 is 2.33 bits per heavy atom. The molecule has 0 saturated heterocycles. The van der Waals surface area contributed by atoms with Gasteiger partial charge in [0.25, 0.3) is 0 Å². The van der Waals surface area contributed by atoms with Gasteiger partial charge in [-0.15, -0.1) is 0 Å². The quantitative estimate of drug-likeness (QED) is 0.777. The highest BCUT2D eigenvalue weighted by atomic mass is 16.5. The molecule has 82 valence electrons. The molecule has 0 atom stereocenters. The summed E-state index contributed by atoms with van der Waals surface area (Å²) in [6.07, 6.45) is 7.55. The van der Waals surface area contributed by atoms with Gasteiger partial charge >= 0.3 is 0 Å². The molecule has 0 unspecified atom stereocenters. The van der Waals surface area contributed by atoms with Crippen molar-refractivity contribution in [3.63, 3.8) is 0 Å². The number of nitrogens with zero attached hydrogens (tertiary/aromatic N) is 1. The topological polar surface area (TPSA) is 34.2 Å². The lowest BCUT2D eigenvalue weighted by molar-refractivity contribution is 0.301. The normalized spacial score (nSPS) is 15.0. The zero-order valence-electron chi connectivity index (χ0n) is 9.20. The highest BCUT2D eigenvalue weighted by Crippen LogP contribution is 2.32. The maximum absolute atomic E-state index is 5.64. The molecule has 1 saturated carbocycles. The third-order valence-corrected chi connectivity index (χ3v) is 2.59. The van der Waals surface area contributed by atoms with Crippen LogP contribution >= 0.6 is 0 Å². The number of hydrogen-bond acceptors (Lipinski definition) is 3. The molecule has 1 aliphatic rings. The van der Waals surface area contributed by atoms with Gasteiger partial charge < -0.3 is 10.1 Å². The van der Waals surface area contributed by atoms with Gasteiger partial charge in [0.15, 0.2) is 0 Å². The van der Waals surface area contributed by atoms with E-state index in [0.29, 0.717) is 0 Å². The number of hydrogen-bond donors (Lipinski definition) is 1. The van der Waals surface area contributed by atoms with Crippen LogP contribution in [0.25, 0.3) is 0 Å². The Balaban J connectivity index is 1.80. The van der Waals surface area contributed by atoms with E-state index in [0.717, 1.165) is 30.5 Å². The van der Waals surface area contributed by atoms with Crippen LogP contribution in [0.1, 0.15) is 26.2 Å². The summed E-state index contributed by atoms with van der Waals surface area (Å²) >= 11 is 0. The van der Waals surface area contributed by atoms with E-state index in [9.17, 15) is 0 Å². The van der Waals surface area contributed by atoms with E-state index in [-0.39, 0.29) is 0 Å². The van der Waals surface area contributed by atoms with Crippen LogP contribution in [0.2, 0.25) is 0 Å². The Bertz CT molecular complexity index is 310. The van der Waals surface area contributed by atoms with Crippen LogP contribution in [-0.4, -0.2) is 18.1 Å². The van der Waals surface area contributed by atoms with Crippen molar-refractivity contribution in [3.8, 4) is 5.75 Å². The summed E-state index contributed by atoms with van der Waals surface area (Å²) in [7, 11) is 0. The van der Waals surface area contributed by atoms with E-state index in [1.807, 2.05) is 12.3 Å². The van der Waals surface area contributed by atoms with Crippen molar-refractivity contribution >= 4 is 5.69 Å². The first-order chi connectivity index (χ1) is 7.38. The maximum atomic E-state index is 5.64. The summed E-state index contributed by atoms with van der Waals surface area (Å²) in [4.78, 5) is 4.13. The van der Waals surface area contributed by atoms with Crippen molar-refractivity contribution in [1.82, 2.24) is 4.98 Å². The van der Waals surface area contributed by atoms with Crippen molar-refractivity contribution in [2.24, 2.45) is 5.92 Å². The fourth-order valence-electron chi connectivity index (χ4n) is 1.55. The Morgan fingerprint density at radius 1 is 1.47 bits per heavy atom. The lowest BCUT2D eigenvalue weighted by Crippen LogP contribution is -2.01. The number of aromatic nitrogens is 1. The summed E-state index contributed by atoms with van der Waals surface area (Å²) < 4.78 is 5.64. The molecule has 2 rings (SSSR count). The predicted octanol–water partition coefficient (Wildman–Crippen LogP) is 2.69. The minimum Gasteiger partial charge on any atom is -0.492 e. The monoisotopic (exact) mass is 206 g/mol. The number of anilines is 1. The van der Waals surface area contributed by atoms with Crippen LogP contribution in [0, 0.1) is 5.92 Å². The van der Waals surface area contributed by atoms with Gasteiger partial charge in [0, 0.05) is 12.6 Å². The van der Waals surface area contributed by atoms with Crippen molar-refractivity contribution < 1.29 is 4.74 Å². The minimum atomic E-state index is 0.821. The van der Waals surface area contributed by atoms with Crippen molar-refractivity contribution in [2.45, 2.75) is 26.2 Å². The van der Waals surface area contributed by atoms with Crippen LogP contribution in [-0.2, 0) is 0 Å². The summed E-state index contributed by atoms with van der Waals surface area (Å²) in [5.74, 6) is 1.80. The highest BCUT2D eigenvalue weighted by molar-refractivity contribution is 5.44. The first-order valence-corrected chi connectivity index (χ1v) is 5.70. The van der Waals surface area contributed by atoms with Crippen molar-refractivity contribution in [1.29, 1.82) is 0 Å². The third kappa shape index (κ3) is 3.42. The molecule has 0 amide bonds. The second-order valence-corrected chi connectivity index (χ2v) is 4.02. The Hall–Kier alpha value is -1.25. The van der Waals surface area contributed by atoms with E-state index in [2.05, 4.69) is 17.2 Å². The fourth-order valence-corrected chi connectivity index (χ4v) is 1.55. The summed E-state index contributed by atoms with van der Waals surface area (Å²) in [5.41, 5.74) is 1.03. The molecule has 1 fully saturated rings. The molecular formula is C12H18N2O. The zero-order chi connectivity index (χ0) is 10.5. The maximum Gasteiger partial charge on any atom is 0.139 e. The van der Waals surface area contributed by atoms with Gasteiger partial charge in [0.2, 0.25) is 0 Å². The number of nitrogens with one attached hydrogen (secondary N) is 1. The molecule has 0 spiro atoms. The van der Waals surface area contributed by atoms with Crippen LogP contribution in [0.4, 0.5) is 5.69 Å². The van der Waals surface area contributed by atoms with Gasteiger partial charge in [-0.25, -0.2) is 0 Å². The third-order valence-electron chi connectivity index (χ3n) is 2.59. The van der Waals surface area contributed by atoms with Gasteiger partial charge in [-0.2, -0.15) is 0 Å². The second-order valence-electron chi connectivity index (χ2n) is 4.02. The Labute approximate surface area is 90.9 Å². The van der Waals surface area contributed by atoms with E-state index in [1.165, 1.54) is 19.3 Å². The SMILES string of the molecule is CCNc1cncc(OCCC2CC2)c1. The average Bonchev–Trinajstić information content (AvgIpc) is 3.03. The second kappa shape index (κ2) is 5.01. The summed E-state index contributed by atoms with van der Waals surface area (Å²) in [6.45, 7) is 3.80. The molecule has 0 aromatic carbocycles. The standard InChI is InChI=1S/C12H18N2O/c1-2-14-11-7-12(9-13-8-11)15-6-5-10-3-4-10/h7-10,14H,2-6H2,1H3. The van der Waals surface area contributed by atoms with Crippen LogP contribution in [0.3, 0.4) is 0 Å².